The lowest BCUT2D eigenvalue weighted by Crippen LogP contribution is -2.22. The lowest BCUT2D eigenvalue weighted by molar-refractivity contribution is 0.00447. The minimum atomic E-state index is -0.803. The molecule has 14 nitrogen and oxygen atoms in total. The number of ether oxygens (including phenoxy) is 6. The molecule has 2 N–H and O–H groups in total. The van der Waals surface area contributed by atoms with Crippen LogP contribution in [0.1, 0.15) is 89.8 Å². The number of esters is 6. The lowest BCUT2D eigenvalue weighted by atomic mass is 10.0. The molecule has 6 rings (SSSR count). The van der Waals surface area contributed by atoms with Crippen LogP contribution in [0.25, 0.3) is 32.3 Å². The fraction of sp³-hybridized carbons (Fsp3) is 0.250. The average Bonchev–Trinajstić information content (AvgIpc) is 3.26. The highest BCUT2D eigenvalue weighted by Crippen LogP contribution is 2.23. The number of hydrogen-bond donors (Lipinski definition) is 2. The molecule has 62 heavy (non-hydrogen) atoms. The third-order valence-corrected chi connectivity index (χ3v) is 9.36. The Hall–Kier alpha value is -7.16. The van der Waals surface area contributed by atoms with Gasteiger partial charge in [0.1, 0.15) is 38.6 Å². The van der Waals surface area contributed by atoms with E-state index in [-0.39, 0.29) is 54.2 Å². The molecule has 0 spiro atoms. The monoisotopic (exact) mass is 844 g/mol. The summed E-state index contributed by atoms with van der Waals surface area (Å²) in [5, 5.41) is 22.8. The molecule has 14 heteroatoms. The molecule has 4 unspecified atom stereocenters. The Labute approximate surface area is 355 Å². The van der Waals surface area contributed by atoms with Gasteiger partial charge in [-0.2, -0.15) is 0 Å². The minimum Gasteiger partial charge on any atom is -0.459 e. The predicted octanol–water partition coefficient (Wildman–Crippen LogP) is 7.03. The van der Waals surface area contributed by atoms with Crippen molar-refractivity contribution in [1.82, 2.24) is 0 Å². The molecule has 320 valence electrons. The van der Waals surface area contributed by atoms with E-state index in [0.29, 0.717) is 32.5 Å². The van der Waals surface area contributed by atoms with Crippen LogP contribution in [-0.4, -0.2) is 96.9 Å². The van der Waals surface area contributed by atoms with Gasteiger partial charge < -0.3 is 38.6 Å². The van der Waals surface area contributed by atoms with Gasteiger partial charge in [-0.25, -0.2) is 28.8 Å². The maximum absolute atomic E-state index is 13.0. The van der Waals surface area contributed by atoms with Crippen LogP contribution in [0.15, 0.2) is 109 Å². The summed E-state index contributed by atoms with van der Waals surface area (Å²) in [5.74, 6) is -3.74. The summed E-state index contributed by atoms with van der Waals surface area (Å²) < 4.78 is 32.0. The van der Waals surface area contributed by atoms with Crippen LogP contribution in [0.2, 0.25) is 0 Å². The van der Waals surface area contributed by atoms with E-state index in [1.165, 1.54) is 13.8 Å². The van der Waals surface area contributed by atoms with Gasteiger partial charge in [0.25, 0.3) is 0 Å². The Kier molecular flexibility index (Phi) is 14.3. The second kappa shape index (κ2) is 19.9. The number of rotatable bonds is 16. The smallest absolute Gasteiger partial charge is 0.338 e. The van der Waals surface area contributed by atoms with E-state index in [4.69, 9.17) is 28.4 Å². The lowest BCUT2D eigenvalue weighted by Gasteiger charge is -2.15. The largest absolute Gasteiger partial charge is 0.459 e. The molecule has 6 aromatic carbocycles. The highest BCUT2D eigenvalue weighted by Gasteiger charge is 2.19. The van der Waals surface area contributed by atoms with E-state index < -0.39 is 60.2 Å². The summed E-state index contributed by atoms with van der Waals surface area (Å²) in [5.41, 5.74) is 1.55. The summed E-state index contributed by atoms with van der Waals surface area (Å²) >= 11 is 0. The van der Waals surface area contributed by atoms with Crippen molar-refractivity contribution in [3.05, 3.63) is 143 Å². The molecular formula is C48H44O14. The molecule has 0 radical (unpaired) electrons. The second-order valence-corrected chi connectivity index (χ2v) is 14.9. The number of hydrogen-bond acceptors (Lipinski definition) is 14. The molecule has 0 aromatic heterocycles. The molecule has 0 amide bonds. The van der Waals surface area contributed by atoms with Crippen LogP contribution in [0.3, 0.4) is 0 Å². The van der Waals surface area contributed by atoms with Crippen LogP contribution in [-0.2, 0) is 28.4 Å². The molecule has 0 saturated heterocycles. The van der Waals surface area contributed by atoms with Gasteiger partial charge in [-0.05, 0) is 133 Å². The highest BCUT2D eigenvalue weighted by atomic mass is 16.6. The van der Waals surface area contributed by atoms with Gasteiger partial charge in [-0.15, -0.1) is 0 Å². The molecule has 0 bridgehead atoms. The zero-order valence-corrected chi connectivity index (χ0v) is 34.3. The van der Waals surface area contributed by atoms with Crippen molar-refractivity contribution in [3.63, 3.8) is 0 Å². The Bertz CT molecular complexity index is 2660. The van der Waals surface area contributed by atoms with Crippen LogP contribution in [0.5, 0.6) is 0 Å². The Morgan fingerprint density at radius 3 is 0.887 bits per heavy atom. The van der Waals surface area contributed by atoms with Gasteiger partial charge in [-0.1, -0.05) is 36.4 Å². The van der Waals surface area contributed by atoms with Gasteiger partial charge in [-0.3, -0.25) is 0 Å². The summed E-state index contributed by atoms with van der Waals surface area (Å²) in [7, 11) is 0. The van der Waals surface area contributed by atoms with Crippen LogP contribution in [0, 0.1) is 0 Å². The first-order valence-electron chi connectivity index (χ1n) is 19.7. The van der Waals surface area contributed by atoms with Crippen molar-refractivity contribution in [1.29, 1.82) is 0 Å². The number of carbonyl (C=O) groups excluding carboxylic acids is 6. The summed E-state index contributed by atoms with van der Waals surface area (Å²) in [4.78, 5) is 76.3. The van der Waals surface area contributed by atoms with E-state index in [2.05, 4.69) is 0 Å². The fourth-order valence-electron chi connectivity index (χ4n) is 6.18. The molecule has 0 saturated carbocycles. The molecular weight excluding hydrogens is 801 g/mol. The molecule has 0 aliphatic heterocycles. The van der Waals surface area contributed by atoms with E-state index in [9.17, 15) is 39.0 Å². The van der Waals surface area contributed by atoms with E-state index in [0.717, 1.165) is 5.39 Å². The molecule has 0 heterocycles. The molecule has 0 aliphatic rings. The van der Waals surface area contributed by atoms with Crippen molar-refractivity contribution in [2.75, 3.05) is 26.4 Å². The zero-order chi connectivity index (χ0) is 44.5. The maximum atomic E-state index is 13.0. The normalized spacial score (nSPS) is 13.1. The van der Waals surface area contributed by atoms with Crippen LogP contribution >= 0.6 is 0 Å². The Balaban J connectivity index is 0.969. The van der Waals surface area contributed by atoms with Gasteiger partial charge in [0.2, 0.25) is 0 Å². The van der Waals surface area contributed by atoms with Gasteiger partial charge in [0, 0.05) is 0 Å². The van der Waals surface area contributed by atoms with Gasteiger partial charge >= 0.3 is 35.8 Å². The molecule has 0 fully saturated rings. The van der Waals surface area contributed by atoms with Crippen LogP contribution < -0.4 is 0 Å². The first kappa shape index (κ1) is 44.4. The maximum Gasteiger partial charge on any atom is 0.338 e. The van der Waals surface area contributed by atoms with Crippen LogP contribution in [0.4, 0.5) is 0 Å². The van der Waals surface area contributed by atoms with E-state index >= 15 is 0 Å². The summed E-state index contributed by atoms with van der Waals surface area (Å²) in [6.45, 7) is 5.50. The van der Waals surface area contributed by atoms with Gasteiger partial charge in [0.05, 0.1) is 45.6 Å². The summed E-state index contributed by atoms with van der Waals surface area (Å²) in [6.07, 6.45) is -3.16. The van der Waals surface area contributed by atoms with Crippen molar-refractivity contribution in [2.45, 2.75) is 52.1 Å². The average molecular weight is 845 g/mol. The fourth-order valence-corrected chi connectivity index (χ4v) is 6.18. The standard InChI is InChI=1S/C48H44O14/c1-27(49)23-57-43(51)36-13-7-33-18-37(14-8-32(33)17-36)45(53)59-25-29(3)61-47(55)40-16-10-34-19-38(15-9-35(34)20-40)46(54)60-26-30(4)62-48(56)41-12-6-31-5-11-39(21-42(31)22-41)44(52)58-24-28(2)50/h5-22,27-30,49-50H,23-26H2,1-4H3. The topological polar surface area (TPSA) is 198 Å². The third-order valence-electron chi connectivity index (χ3n) is 9.36. The van der Waals surface area contributed by atoms with Crippen molar-refractivity contribution < 1.29 is 67.4 Å². The SMILES string of the molecule is CC(O)COC(=O)c1ccc2cc(C(=O)OCC(C)OC(=O)c3ccc4cc(C(=O)OCC(C)OC(=O)c5ccc6ccc(C(=O)OCC(C)O)cc6c5)ccc4c3)ccc2c1. The second-order valence-electron chi connectivity index (χ2n) is 14.9. The Morgan fingerprint density at radius 1 is 0.355 bits per heavy atom. The molecule has 6 aromatic rings. The quantitative estimate of drug-likeness (QED) is 0.0744. The third kappa shape index (κ3) is 11.6. The first-order chi connectivity index (χ1) is 29.6. The Morgan fingerprint density at radius 2 is 0.597 bits per heavy atom. The number of aliphatic hydroxyl groups is 2. The predicted molar refractivity (Wildman–Crippen MR) is 226 cm³/mol. The molecule has 0 aliphatic carbocycles. The number of carbonyl (C=O) groups is 6. The number of benzene rings is 6. The zero-order valence-electron chi connectivity index (χ0n) is 34.3. The highest BCUT2D eigenvalue weighted by molar-refractivity contribution is 6.01. The summed E-state index contributed by atoms with van der Waals surface area (Å²) in [6, 6.07) is 29.1. The van der Waals surface area contributed by atoms with E-state index in [1.54, 1.807) is 123 Å². The van der Waals surface area contributed by atoms with Crippen molar-refractivity contribution in [2.24, 2.45) is 0 Å². The van der Waals surface area contributed by atoms with Crippen molar-refractivity contribution in [3.8, 4) is 0 Å². The van der Waals surface area contributed by atoms with Crippen molar-refractivity contribution >= 4 is 68.1 Å². The minimum absolute atomic E-state index is 0.124. The first-order valence-corrected chi connectivity index (χ1v) is 19.7. The molecule has 4 atom stereocenters. The number of aliphatic hydroxyl groups excluding tert-OH is 2. The number of fused-ring (bicyclic) bond motifs is 3. The van der Waals surface area contributed by atoms with E-state index in [1.807, 2.05) is 0 Å². The van der Waals surface area contributed by atoms with Gasteiger partial charge in [0.15, 0.2) is 0 Å².